The summed E-state index contributed by atoms with van der Waals surface area (Å²) in [5, 5.41) is 9.65. The smallest absolute Gasteiger partial charge is 0.311 e. The van der Waals surface area contributed by atoms with Crippen molar-refractivity contribution in [3.05, 3.63) is 126 Å². The molecule has 0 saturated heterocycles. The Morgan fingerprint density at radius 3 is 1.69 bits per heavy atom. The minimum absolute atomic E-state index is 0.0213. The highest BCUT2D eigenvalue weighted by Crippen LogP contribution is 2.31. The van der Waals surface area contributed by atoms with Gasteiger partial charge in [0.15, 0.2) is 0 Å². The monoisotopic (exact) mass is 669 g/mol. The molecule has 1 unspecified atom stereocenters. The molecule has 5 aromatic rings. The number of hydrogen-bond donors (Lipinski definition) is 0. The molecule has 1 atom stereocenters. The van der Waals surface area contributed by atoms with Crippen molar-refractivity contribution in [2.45, 2.75) is 32.1 Å². The van der Waals surface area contributed by atoms with Crippen LogP contribution in [0.5, 0.6) is 11.5 Å². The molecule has 0 aliphatic rings. The lowest BCUT2D eigenvalue weighted by molar-refractivity contribution is -0.134. The number of carbonyl (C=O) groups is 2. The Hall–Kier alpha value is -5.32. The number of halogens is 4. The quantitative estimate of drug-likeness (QED) is 0.0461. The van der Waals surface area contributed by atoms with Crippen LogP contribution in [0.25, 0.3) is 33.4 Å². The Morgan fingerprint density at radius 1 is 0.583 bits per heavy atom. The van der Waals surface area contributed by atoms with E-state index in [1.165, 1.54) is 30.3 Å². The molecule has 0 radical (unpaired) electrons. The normalized spacial score (nSPS) is 10.8. The highest BCUT2D eigenvalue weighted by molar-refractivity contribution is 7.28. The molecule has 5 aromatic carbocycles. The van der Waals surface area contributed by atoms with Crippen LogP contribution in [-0.4, -0.2) is 11.9 Å². The van der Waals surface area contributed by atoms with E-state index >= 15 is 0 Å². The first-order valence-electron chi connectivity index (χ1n) is 15.0. The third kappa shape index (κ3) is 8.52. The number of unbranched alkanes of at least 4 members (excludes halogenated alkanes) is 2. The number of carbonyl (C=O) groups excluding carboxylic acids is 2. The molecule has 5 nitrogen and oxygen atoms in total. The van der Waals surface area contributed by atoms with Crippen molar-refractivity contribution in [2.24, 2.45) is 0 Å². The van der Waals surface area contributed by atoms with E-state index in [4.69, 9.17) is 14.7 Å². The zero-order chi connectivity index (χ0) is 34.2. The summed E-state index contributed by atoms with van der Waals surface area (Å²) in [6, 6.07) is 25.3. The molecule has 0 aromatic heterocycles. The largest absolute Gasteiger partial charge is 0.427 e. The van der Waals surface area contributed by atoms with Crippen molar-refractivity contribution in [3.8, 4) is 50.9 Å². The Morgan fingerprint density at radius 2 is 1.10 bits per heavy atom. The van der Waals surface area contributed by atoms with Gasteiger partial charge in [0.1, 0.15) is 46.4 Å². The van der Waals surface area contributed by atoms with Gasteiger partial charge in [0, 0.05) is 18.4 Å². The molecule has 0 amide bonds. The fraction of sp³-hybridized carbons (Fsp3) is 0.132. The van der Waals surface area contributed by atoms with Gasteiger partial charge in [-0.05, 0) is 101 Å². The average Bonchev–Trinajstić information content (AvgIpc) is 3.05. The zero-order valence-corrected chi connectivity index (χ0v) is 26.6. The van der Waals surface area contributed by atoms with E-state index in [1.54, 1.807) is 54.6 Å². The Labute approximate surface area is 277 Å². The predicted molar refractivity (Wildman–Crippen MR) is 177 cm³/mol. The van der Waals surface area contributed by atoms with E-state index < -0.39 is 29.0 Å². The summed E-state index contributed by atoms with van der Waals surface area (Å²) in [7, 11) is 2.59. The van der Waals surface area contributed by atoms with Crippen LogP contribution >= 0.6 is 9.24 Å². The fourth-order valence-electron chi connectivity index (χ4n) is 5.06. The number of nitriles is 1. The second-order valence-electron chi connectivity index (χ2n) is 10.9. The molecule has 5 rings (SSSR count). The van der Waals surface area contributed by atoms with Gasteiger partial charge >= 0.3 is 11.9 Å². The van der Waals surface area contributed by atoms with Gasteiger partial charge in [-0.25, -0.2) is 17.6 Å². The van der Waals surface area contributed by atoms with Crippen LogP contribution in [0, 0.1) is 34.6 Å². The molecular weight excluding hydrogens is 641 g/mol. The molecule has 0 spiro atoms. The Kier molecular flexibility index (Phi) is 11.0. The lowest BCUT2D eigenvalue weighted by Crippen LogP contribution is -2.10. The number of nitrogens with zero attached hydrogens (tertiary/aromatic N) is 1. The average molecular weight is 670 g/mol. The molecule has 0 saturated carbocycles. The van der Waals surface area contributed by atoms with Gasteiger partial charge in [0.2, 0.25) is 0 Å². The van der Waals surface area contributed by atoms with Gasteiger partial charge < -0.3 is 9.47 Å². The van der Waals surface area contributed by atoms with Crippen LogP contribution in [0.15, 0.2) is 97.1 Å². The van der Waals surface area contributed by atoms with Gasteiger partial charge in [-0.15, -0.1) is 9.24 Å². The molecule has 0 N–H and O–H groups in total. The first-order valence-corrected chi connectivity index (χ1v) is 15.6. The van der Waals surface area contributed by atoms with Crippen LogP contribution in [0.2, 0.25) is 0 Å². The number of ether oxygens (including phenoxy) is 2. The maximum absolute atomic E-state index is 14.9. The minimum Gasteiger partial charge on any atom is -0.427 e. The molecular formula is C38H28F4NO4P. The zero-order valence-electron chi connectivity index (χ0n) is 25.4. The maximum Gasteiger partial charge on any atom is 0.311 e. The molecule has 0 aliphatic carbocycles. The lowest BCUT2D eigenvalue weighted by Gasteiger charge is -2.10. The lowest BCUT2D eigenvalue weighted by atomic mass is 9.98. The van der Waals surface area contributed by atoms with E-state index in [0.29, 0.717) is 41.9 Å². The van der Waals surface area contributed by atoms with E-state index in [1.807, 2.05) is 6.07 Å². The first-order chi connectivity index (χ1) is 23.1. The van der Waals surface area contributed by atoms with Crippen molar-refractivity contribution >= 4 is 26.5 Å². The van der Waals surface area contributed by atoms with Crippen LogP contribution < -0.4 is 14.8 Å². The van der Waals surface area contributed by atoms with Crippen molar-refractivity contribution < 1.29 is 36.6 Å². The highest BCUT2D eigenvalue weighted by atomic mass is 31.0. The van der Waals surface area contributed by atoms with Crippen LogP contribution in [0.1, 0.15) is 37.7 Å². The van der Waals surface area contributed by atoms with Crippen LogP contribution in [0.3, 0.4) is 0 Å². The molecule has 242 valence electrons. The molecule has 0 fully saturated rings. The summed E-state index contributed by atoms with van der Waals surface area (Å²) in [6.07, 6.45) is 2.01. The second-order valence-corrected chi connectivity index (χ2v) is 11.5. The van der Waals surface area contributed by atoms with Crippen LogP contribution in [-0.2, 0) is 9.59 Å². The maximum atomic E-state index is 14.9. The van der Waals surface area contributed by atoms with Gasteiger partial charge in [0.25, 0.3) is 0 Å². The standard InChI is InChI=1S/C38H28F4NO4P/c39-27-11-6-24(7-12-27)31-17-15-29(21-36(31)48)47-38(45)5-3-1-2-4-37(44)46-28-13-8-23(9-14-28)25-10-16-30(33(40)18-25)26-19-34(41)32(22-43)35(42)20-26/h6-21H,1-5,48H2. The molecule has 10 heteroatoms. The van der Waals surface area contributed by atoms with Crippen molar-refractivity contribution in [2.75, 3.05) is 0 Å². The van der Waals surface area contributed by atoms with E-state index in [9.17, 15) is 27.2 Å². The summed E-state index contributed by atoms with van der Waals surface area (Å²) in [4.78, 5) is 24.6. The highest BCUT2D eigenvalue weighted by Gasteiger charge is 2.15. The Bertz CT molecular complexity index is 1980. The van der Waals surface area contributed by atoms with Gasteiger partial charge in [0.05, 0.1) is 0 Å². The van der Waals surface area contributed by atoms with E-state index in [2.05, 4.69) is 9.24 Å². The predicted octanol–water partition coefficient (Wildman–Crippen LogP) is 9.08. The second kappa shape index (κ2) is 15.5. The van der Waals surface area contributed by atoms with E-state index in [-0.39, 0.29) is 35.8 Å². The third-order valence-electron chi connectivity index (χ3n) is 7.53. The molecule has 48 heavy (non-hydrogen) atoms. The minimum atomic E-state index is -1.07. The van der Waals surface area contributed by atoms with Crippen molar-refractivity contribution in [3.63, 3.8) is 0 Å². The number of benzene rings is 5. The SMILES string of the molecule is N#Cc1c(F)cc(-c2ccc(-c3ccc(OC(=O)CCCCCC(=O)Oc4ccc(-c5ccc(F)cc5)c(P)c4)cc3)cc2F)cc1F. The number of esters is 2. The summed E-state index contributed by atoms with van der Waals surface area (Å²) >= 11 is 0. The summed E-state index contributed by atoms with van der Waals surface area (Å²) in [5.74, 6) is -3.26. The first kappa shape index (κ1) is 34.0. The fourth-order valence-corrected chi connectivity index (χ4v) is 5.48. The van der Waals surface area contributed by atoms with Gasteiger partial charge in [-0.1, -0.05) is 48.9 Å². The summed E-state index contributed by atoms with van der Waals surface area (Å²) in [6.45, 7) is 0. The summed E-state index contributed by atoms with van der Waals surface area (Å²) < 4.78 is 67.0. The Balaban J connectivity index is 1.05. The summed E-state index contributed by atoms with van der Waals surface area (Å²) in [5.41, 5.74) is 2.07. The molecule has 0 aliphatic heterocycles. The van der Waals surface area contributed by atoms with Gasteiger partial charge in [-0.3, -0.25) is 9.59 Å². The number of rotatable bonds is 11. The third-order valence-corrected chi connectivity index (χ3v) is 8.00. The van der Waals surface area contributed by atoms with E-state index in [0.717, 1.165) is 28.6 Å². The molecule has 0 bridgehead atoms. The molecule has 0 heterocycles. The van der Waals surface area contributed by atoms with Crippen molar-refractivity contribution in [1.82, 2.24) is 0 Å². The van der Waals surface area contributed by atoms with Crippen LogP contribution in [0.4, 0.5) is 17.6 Å². The van der Waals surface area contributed by atoms with Crippen molar-refractivity contribution in [1.29, 1.82) is 5.26 Å². The van der Waals surface area contributed by atoms with Gasteiger partial charge in [-0.2, -0.15) is 5.26 Å². The topological polar surface area (TPSA) is 76.4 Å². The number of hydrogen-bond acceptors (Lipinski definition) is 5.